The van der Waals surface area contributed by atoms with Crippen molar-refractivity contribution in [3.05, 3.63) is 46.5 Å². The molecule has 0 aliphatic carbocycles. The van der Waals surface area contributed by atoms with Crippen molar-refractivity contribution in [2.45, 2.75) is 18.2 Å². The van der Waals surface area contributed by atoms with Crippen molar-refractivity contribution < 1.29 is 22.7 Å². The van der Waals surface area contributed by atoms with E-state index in [0.717, 1.165) is 0 Å². The Kier molecular flexibility index (Phi) is 6.12. The predicted molar refractivity (Wildman–Crippen MR) is 99.7 cm³/mol. The largest absolute Gasteiger partial charge is 0.493 e. The Morgan fingerprint density at radius 3 is 2.42 bits per heavy atom. The van der Waals surface area contributed by atoms with Gasteiger partial charge in [-0.15, -0.1) is 0 Å². The Bertz CT molecular complexity index is 944. The summed E-state index contributed by atoms with van der Waals surface area (Å²) in [5, 5.41) is 8.08. The summed E-state index contributed by atoms with van der Waals surface area (Å²) >= 11 is 6.10. The highest BCUT2D eigenvalue weighted by molar-refractivity contribution is 7.89. The van der Waals surface area contributed by atoms with Crippen LogP contribution in [0.2, 0.25) is 5.02 Å². The summed E-state index contributed by atoms with van der Waals surface area (Å²) < 4.78 is 33.8. The lowest BCUT2D eigenvalue weighted by Crippen LogP contribution is -2.16. The second-order valence-corrected chi connectivity index (χ2v) is 7.31. The molecule has 0 spiro atoms. The Morgan fingerprint density at radius 2 is 1.88 bits per heavy atom. The van der Waals surface area contributed by atoms with E-state index in [0.29, 0.717) is 29.2 Å². The molecule has 26 heavy (non-hydrogen) atoms. The third-order valence-corrected chi connectivity index (χ3v) is 4.98. The molecule has 2 rings (SSSR count). The van der Waals surface area contributed by atoms with E-state index >= 15 is 0 Å². The fourth-order valence-corrected chi connectivity index (χ4v) is 3.60. The molecule has 0 fully saturated rings. The highest BCUT2D eigenvalue weighted by Gasteiger charge is 2.17. The standard InChI is InChI=1S/C17H19ClN2O5S/c1-4-10-5-6-12(9-15(10)26(19,22)23)20-17(21)11-7-13(18)16(25-3)14(8-11)24-2/h5-9H,4H2,1-3H3,(H,20,21)(H2,19,22,23). The molecule has 7 nitrogen and oxygen atoms in total. The topological polar surface area (TPSA) is 108 Å². The molecular weight excluding hydrogens is 380 g/mol. The molecule has 0 atom stereocenters. The third-order valence-electron chi connectivity index (χ3n) is 3.71. The number of anilines is 1. The van der Waals surface area contributed by atoms with Gasteiger partial charge in [0.25, 0.3) is 5.91 Å². The van der Waals surface area contributed by atoms with Crippen LogP contribution in [0.4, 0.5) is 5.69 Å². The first-order valence-corrected chi connectivity index (χ1v) is 9.52. The van der Waals surface area contributed by atoms with Gasteiger partial charge in [0.1, 0.15) is 0 Å². The number of nitrogens with two attached hydrogens (primary N) is 1. The maximum Gasteiger partial charge on any atom is 0.255 e. The van der Waals surface area contributed by atoms with E-state index in [9.17, 15) is 13.2 Å². The minimum Gasteiger partial charge on any atom is -0.493 e. The van der Waals surface area contributed by atoms with Crippen molar-refractivity contribution >= 4 is 33.2 Å². The van der Waals surface area contributed by atoms with Crippen molar-refractivity contribution in [2.75, 3.05) is 19.5 Å². The number of halogens is 1. The number of amides is 1. The number of aryl methyl sites for hydroxylation is 1. The number of hydrogen-bond acceptors (Lipinski definition) is 5. The Morgan fingerprint density at radius 1 is 1.19 bits per heavy atom. The van der Waals surface area contributed by atoms with Gasteiger partial charge in [0.05, 0.1) is 24.1 Å². The van der Waals surface area contributed by atoms with Crippen LogP contribution in [0.5, 0.6) is 11.5 Å². The second kappa shape index (κ2) is 7.94. The molecule has 0 heterocycles. The van der Waals surface area contributed by atoms with Crippen LogP contribution in [0.15, 0.2) is 35.2 Å². The van der Waals surface area contributed by atoms with Crippen molar-refractivity contribution in [1.82, 2.24) is 0 Å². The minimum absolute atomic E-state index is 0.0249. The van der Waals surface area contributed by atoms with Gasteiger partial charge in [-0.1, -0.05) is 24.6 Å². The second-order valence-electron chi connectivity index (χ2n) is 5.37. The molecule has 0 aliphatic heterocycles. The number of carbonyl (C=O) groups is 1. The van der Waals surface area contributed by atoms with E-state index in [4.69, 9.17) is 26.2 Å². The number of sulfonamides is 1. The lowest BCUT2D eigenvalue weighted by Gasteiger charge is -2.13. The summed E-state index contributed by atoms with van der Waals surface area (Å²) in [5.74, 6) is 0.128. The Hall–Kier alpha value is -2.29. The smallest absolute Gasteiger partial charge is 0.255 e. The summed E-state index contributed by atoms with van der Waals surface area (Å²) in [6.07, 6.45) is 0.491. The van der Waals surface area contributed by atoms with E-state index in [1.165, 1.54) is 32.4 Å². The maximum absolute atomic E-state index is 12.5. The van der Waals surface area contributed by atoms with E-state index in [-0.39, 0.29) is 15.5 Å². The lowest BCUT2D eigenvalue weighted by molar-refractivity contribution is 0.102. The summed E-state index contributed by atoms with van der Waals surface area (Å²) in [6.45, 7) is 1.81. The SMILES string of the molecule is CCc1ccc(NC(=O)c2cc(Cl)c(OC)c(OC)c2)cc1S(N)(=O)=O. The van der Waals surface area contributed by atoms with Gasteiger partial charge in [0.15, 0.2) is 11.5 Å². The normalized spacial score (nSPS) is 11.1. The minimum atomic E-state index is -3.90. The summed E-state index contributed by atoms with van der Waals surface area (Å²) in [7, 11) is -1.04. The van der Waals surface area contributed by atoms with Crippen molar-refractivity contribution in [3.63, 3.8) is 0 Å². The monoisotopic (exact) mass is 398 g/mol. The molecule has 3 N–H and O–H groups in total. The molecule has 0 aromatic heterocycles. The molecule has 9 heteroatoms. The fourth-order valence-electron chi connectivity index (χ4n) is 2.44. The van der Waals surface area contributed by atoms with Crippen LogP contribution in [-0.4, -0.2) is 28.5 Å². The van der Waals surface area contributed by atoms with Crippen LogP contribution in [-0.2, 0) is 16.4 Å². The first kappa shape index (κ1) is 20.0. The predicted octanol–water partition coefficient (Wildman–Crippen LogP) is 2.82. The zero-order valence-electron chi connectivity index (χ0n) is 14.5. The third kappa shape index (κ3) is 4.27. The molecule has 0 unspecified atom stereocenters. The Labute approximate surface area is 157 Å². The molecule has 1 amide bonds. The molecule has 0 radical (unpaired) electrons. The molecule has 140 valence electrons. The number of primary sulfonamides is 1. The van der Waals surface area contributed by atoms with Gasteiger partial charge in [-0.2, -0.15) is 0 Å². The van der Waals surface area contributed by atoms with Gasteiger partial charge in [-0.25, -0.2) is 13.6 Å². The van der Waals surface area contributed by atoms with Crippen molar-refractivity contribution in [2.24, 2.45) is 5.14 Å². The molecule has 0 aliphatic rings. The van der Waals surface area contributed by atoms with Gasteiger partial charge in [-0.3, -0.25) is 4.79 Å². The zero-order valence-corrected chi connectivity index (χ0v) is 16.1. The number of rotatable bonds is 6. The van der Waals surface area contributed by atoms with E-state index < -0.39 is 15.9 Å². The number of hydrogen-bond donors (Lipinski definition) is 2. The lowest BCUT2D eigenvalue weighted by atomic mass is 10.1. The summed E-state index contributed by atoms with van der Waals surface area (Å²) in [4.78, 5) is 12.5. The Balaban J connectivity index is 2.38. The molecular formula is C17H19ClN2O5S. The van der Waals surface area contributed by atoms with E-state index in [1.807, 2.05) is 6.92 Å². The molecule has 0 saturated heterocycles. The van der Waals surface area contributed by atoms with Gasteiger partial charge >= 0.3 is 0 Å². The highest BCUT2D eigenvalue weighted by atomic mass is 35.5. The number of ether oxygens (including phenoxy) is 2. The molecule has 0 bridgehead atoms. The van der Waals surface area contributed by atoms with Gasteiger partial charge in [-0.05, 0) is 36.2 Å². The number of carbonyl (C=O) groups excluding carboxylic acids is 1. The first-order valence-electron chi connectivity index (χ1n) is 7.59. The van der Waals surface area contributed by atoms with Crippen LogP contribution >= 0.6 is 11.6 Å². The zero-order chi connectivity index (χ0) is 19.5. The average Bonchev–Trinajstić information content (AvgIpc) is 2.60. The maximum atomic E-state index is 12.5. The quantitative estimate of drug-likeness (QED) is 0.777. The van der Waals surface area contributed by atoms with Crippen LogP contribution < -0.4 is 19.9 Å². The van der Waals surface area contributed by atoms with E-state index in [1.54, 1.807) is 12.1 Å². The van der Waals surface area contributed by atoms with Gasteiger partial charge in [0.2, 0.25) is 10.0 Å². The fraction of sp³-hybridized carbons (Fsp3) is 0.235. The van der Waals surface area contributed by atoms with Gasteiger partial charge < -0.3 is 14.8 Å². The number of benzene rings is 2. The van der Waals surface area contributed by atoms with Crippen molar-refractivity contribution in [3.8, 4) is 11.5 Å². The summed E-state index contributed by atoms with van der Waals surface area (Å²) in [5.41, 5.74) is 1.09. The molecule has 0 saturated carbocycles. The molecule has 2 aromatic rings. The first-order chi connectivity index (χ1) is 12.2. The van der Waals surface area contributed by atoms with Crippen LogP contribution in [0, 0.1) is 0 Å². The van der Waals surface area contributed by atoms with Crippen LogP contribution in [0.3, 0.4) is 0 Å². The summed E-state index contributed by atoms with van der Waals surface area (Å²) in [6, 6.07) is 7.44. The van der Waals surface area contributed by atoms with Crippen molar-refractivity contribution in [1.29, 1.82) is 0 Å². The number of methoxy groups -OCH3 is 2. The van der Waals surface area contributed by atoms with Crippen LogP contribution in [0.25, 0.3) is 0 Å². The average molecular weight is 399 g/mol. The highest BCUT2D eigenvalue weighted by Crippen LogP contribution is 2.36. The van der Waals surface area contributed by atoms with E-state index in [2.05, 4.69) is 5.32 Å². The van der Waals surface area contributed by atoms with Crippen LogP contribution in [0.1, 0.15) is 22.8 Å². The number of nitrogens with one attached hydrogen (secondary N) is 1. The molecule has 2 aromatic carbocycles. The van der Waals surface area contributed by atoms with Gasteiger partial charge in [0, 0.05) is 11.3 Å².